The number of nitrogens with zero attached hydrogens (tertiary/aromatic N) is 2. The van der Waals surface area contributed by atoms with Crippen LogP contribution >= 0.6 is 0 Å². The van der Waals surface area contributed by atoms with E-state index in [1.165, 1.54) is 24.4 Å². The molecule has 7 nitrogen and oxygen atoms in total. The van der Waals surface area contributed by atoms with E-state index in [4.69, 9.17) is 0 Å². The Hall–Kier alpha value is -3.04. The van der Waals surface area contributed by atoms with Crippen LogP contribution in [0.3, 0.4) is 0 Å². The van der Waals surface area contributed by atoms with Gasteiger partial charge in [0.25, 0.3) is 5.70 Å². The van der Waals surface area contributed by atoms with Gasteiger partial charge in [-0.2, -0.15) is 13.2 Å². The van der Waals surface area contributed by atoms with Gasteiger partial charge in [0.15, 0.2) is 0 Å². The molecule has 25 heavy (non-hydrogen) atoms. The number of hydrogen-bond donors (Lipinski definition) is 2. The third-order valence-electron chi connectivity index (χ3n) is 3.39. The summed E-state index contributed by atoms with van der Waals surface area (Å²) in [6.07, 6.45) is -2.01. The number of carbonyl (C=O) groups excluding carboxylic acids is 1. The maximum absolute atomic E-state index is 13.2. The smallest absolute Gasteiger partial charge is 0.383 e. The Kier molecular flexibility index (Phi) is 5.00. The lowest BCUT2D eigenvalue weighted by Gasteiger charge is -2.26. The van der Waals surface area contributed by atoms with Gasteiger partial charge in [0.05, 0.1) is 10.5 Å². The Bertz CT molecular complexity index is 757. The number of halogens is 3. The summed E-state index contributed by atoms with van der Waals surface area (Å²) in [4.78, 5) is 24.1. The summed E-state index contributed by atoms with van der Waals surface area (Å²) in [6, 6.07) is 2.06. The van der Waals surface area contributed by atoms with Crippen LogP contribution in [0.4, 0.5) is 18.0 Å². The summed E-state index contributed by atoms with van der Waals surface area (Å²) in [5, 5.41) is 15.9. The Morgan fingerprint density at radius 3 is 2.48 bits per heavy atom. The minimum atomic E-state index is -4.71. The molecule has 10 heteroatoms. The molecule has 0 saturated heterocycles. The van der Waals surface area contributed by atoms with Crippen LogP contribution in [0.15, 0.2) is 47.9 Å². The Morgan fingerprint density at radius 1 is 1.28 bits per heavy atom. The fourth-order valence-corrected chi connectivity index (χ4v) is 2.36. The topological polar surface area (TPSA) is 87.5 Å². The van der Waals surface area contributed by atoms with Gasteiger partial charge in [0, 0.05) is 20.3 Å². The van der Waals surface area contributed by atoms with Crippen molar-refractivity contribution in [3.8, 4) is 0 Å². The number of rotatable bonds is 4. The fraction of sp³-hybridized carbons (Fsp3) is 0.267. The van der Waals surface area contributed by atoms with E-state index in [-0.39, 0.29) is 5.70 Å². The summed E-state index contributed by atoms with van der Waals surface area (Å²) in [7, 11) is 3.31. The summed E-state index contributed by atoms with van der Waals surface area (Å²) >= 11 is 0. The van der Waals surface area contributed by atoms with Crippen LogP contribution in [0.5, 0.6) is 0 Å². The SMILES string of the molecule is CN(C)/C=C/C1=C([N+](=O)[O-])[C@@H](c2ccccc2C(F)(F)F)NC(=O)N1. The summed E-state index contributed by atoms with van der Waals surface area (Å²) in [6.45, 7) is 0. The van der Waals surface area contributed by atoms with Crippen LogP contribution in [0.1, 0.15) is 17.2 Å². The molecule has 1 aromatic carbocycles. The maximum atomic E-state index is 13.2. The van der Waals surface area contributed by atoms with Gasteiger partial charge in [0.2, 0.25) is 0 Å². The lowest BCUT2D eigenvalue weighted by atomic mass is 9.95. The predicted octanol–water partition coefficient (Wildman–Crippen LogP) is 2.62. The molecule has 1 atom stereocenters. The third-order valence-corrected chi connectivity index (χ3v) is 3.39. The molecule has 0 radical (unpaired) electrons. The highest BCUT2D eigenvalue weighted by Gasteiger charge is 2.42. The highest BCUT2D eigenvalue weighted by Crippen LogP contribution is 2.38. The van der Waals surface area contributed by atoms with Crippen molar-refractivity contribution in [3.05, 3.63) is 69.2 Å². The molecule has 2 amide bonds. The highest BCUT2D eigenvalue weighted by molar-refractivity contribution is 5.79. The zero-order chi connectivity index (χ0) is 18.8. The van der Waals surface area contributed by atoms with Crippen LogP contribution in [0.25, 0.3) is 0 Å². The van der Waals surface area contributed by atoms with E-state index in [2.05, 4.69) is 10.6 Å². The van der Waals surface area contributed by atoms with Gasteiger partial charge in [-0.15, -0.1) is 0 Å². The summed E-state index contributed by atoms with van der Waals surface area (Å²) < 4.78 is 39.7. The lowest BCUT2D eigenvalue weighted by molar-refractivity contribution is -0.432. The Morgan fingerprint density at radius 2 is 1.92 bits per heavy atom. The molecule has 0 spiro atoms. The summed E-state index contributed by atoms with van der Waals surface area (Å²) in [5.41, 5.74) is -2.19. The van der Waals surface area contributed by atoms with Crippen LogP contribution in [0.2, 0.25) is 0 Å². The molecule has 0 bridgehead atoms. The van der Waals surface area contributed by atoms with Crippen molar-refractivity contribution < 1.29 is 22.9 Å². The van der Waals surface area contributed by atoms with Crippen molar-refractivity contribution >= 4 is 6.03 Å². The van der Waals surface area contributed by atoms with Gasteiger partial charge in [-0.3, -0.25) is 10.1 Å². The monoisotopic (exact) mass is 356 g/mol. The molecule has 1 aliphatic rings. The van der Waals surface area contributed by atoms with Gasteiger partial charge in [-0.05, 0) is 17.7 Å². The first-order valence-electron chi connectivity index (χ1n) is 7.08. The average Bonchev–Trinajstić information content (AvgIpc) is 2.51. The standard InChI is InChI=1S/C15H15F3N4O3/c1-21(2)8-7-11-13(22(24)25)12(20-14(23)19-11)9-5-3-4-6-10(9)15(16,17)18/h3-8,12H,1-2H3,(H2,19,20,23)/b8-7+/t12-/m1/s1. The predicted molar refractivity (Wildman–Crippen MR) is 82.7 cm³/mol. The molecular formula is C15H15F3N4O3. The third kappa shape index (κ3) is 4.08. The van der Waals surface area contributed by atoms with Gasteiger partial charge in [0.1, 0.15) is 11.7 Å². The minimum absolute atomic E-state index is 0.176. The number of urea groups is 1. The lowest BCUT2D eigenvalue weighted by Crippen LogP contribution is -2.45. The molecule has 0 aromatic heterocycles. The summed E-state index contributed by atoms with van der Waals surface area (Å²) in [5.74, 6) is 0. The van der Waals surface area contributed by atoms with Crippen molar-refractivity contribution in [1.29, 1.82) is 0 Å². The van der Waals surface area contributed by atoms with Crippen molar-refractivity contribution in [3.63, 3.8) is 0 Å². The largest absolute Gasteiger partial charge is 0.416 e. The van der Waals surface area contributed by atoms with E-state index in [0.717, 1.165) is 12.1 Å². The van der Waals surface area contributed by atoms with Crippen LogP contribution < -0.4 is 10.6 Å². The molecule has 0 fully saturated rings. The molecule has 1 aliphatic heterocycles. The van der Waals surface area contributed by atoms with Crippen molar-refractivity contribution in [2.45, 2.75) is 12.2 Å². The fourth-order valence-electron chi connectivity index (χ4n) is 2.36. The van der Waals surface area contributed by atoms with Gasteiger partial charge in [-0.25, -0.2) is 4.79 Å². The average molecular weight is 356 g/mol. The maximum Gasteiger partial charge on any atom is 0.416 e. The number of amides is 2. The first kappa shape index (κ1) is 18.3. The quantitative estimate of drug-likeness (QED) is 0.641. The molecule has 1 aromatic rings. The first-order valence-corrected chi connectivity index (χ1v) is 7.08. The second-order valence-corrected chi connectivity index (χ2v) is 5.45. The number of benzene rings is 1. The second kappa shape index (κ2) is 6.83. The van der Waals surface area contributed by atoms with Gasteiger partial charge < -0.3 is 15.5 Å². The zero-order valence-electron chi connectivity index (χ0n) is 13.3. The zero-order valence-corrected chi connectivity index (χ0v) is 13.3. The van der Waals surface area contributed by atoms with Crippen LogP contribution in [-0.4, -0.2) is 29.9 Å². The number of alkyl halides is 3. The van der Waals surface area contributed by atoms with E-state index in [1.807, 2.05) is 0 Å². The number of hydrogen-bond acceptors (Lipinski definition) is 4. The van der Waals surface area contributed by atoms with E-state index in [0.29, 0.717) is 0 Å². The van der Waals surface area contributed by atoms with E-state index >= 15 is 0 Å². The number of nitrogens with one attached hydrogen (secondary N) is 2. The molecule has 134 valence electrons. The first-order chi connectivity index (χ1) is 11.6. The molecule has 0 saturated carbocycles. The normalized spacial score (nSPS) is 18.1. The van der Waals surface area contributed by atoms with Crippen LogP contribution in [0, 0.1) is 10.1 Å². The second-order valence-electron chi connectivity index (χ2n) is 5.45. The molecule has 0 aliphatic carbocycles. The van der Waals surface area contributed by atoms with E-state index < -0.39 is 40.0 Å². The molecule has 2 rings (SSSR count). The Balaban J connectivity index is 2.65. The number of nitro groups is 1. The number of carbonyl (C=O) groups is 1. The van der Waals surface area contributed by atoms with E-state index in [9.17, 15) is 28.1 Å². The molecule has 0 unspecified atom stereocenters. The van der Waals surface area contributed by atoms with E-state index in [1.54, 1.807) is 19.0 Å². The van der Waals surface area contributed by atoms with Crippen molar-refractivity contribution in [2.24, 2.45) is 0 Å². The molecule has 1 heterocycles. The molecule has 2 N–H and O–H groups in total. The number of allylic oxidation sites excluding steroid dienone is 1. The highest BCUT2D eigenvalue weighted by atomic mass is 19.4. The Labute approximate surface area is 141 Å². The van der Waals surface area contributed by atoms with Crippen molar-refractivity contribution in [1.82, 2.24) is 15.5 Å². The van der Waals surface area contributed by atoms with Crippen LogP contribution in [-0.2, 0) is 6.18 Å². The van der Waals surface area contributed by atoms with Gasteiger partial charge >= 0.3 is 12.2 Å². The van der Waals surface area contributed by atoms with Gasteiger partial charge in [-0.1, -0.05) is 18.2 Å². The minimum Gasteiger partial charge on any atom is -0.383 e. The molecular weight excluding hydrogens is 341 g/mol. The van der Waals surface area contributed by atoms with Crippen molar-refractivity contribution in [2.75, 3.05) is 14.1 Å².